The summed E-state index contributed by atoms with van der Waals surface area (Å²) in [5.41, 5.74) is 1.08. The number of rotatable bonds is 2. The zero-order chi connectivity index (χ0) is 11.8. The molecule has 0 aliphatic carbocycles. The topological polar surface area (TPSA) is 73.4 Å². The van der Waals surface area contributed by atoms with Crippen LogP contribution in [0, 0.1) is 11.3 Å². The van der Waals surface area contributed by atoms with E-state index in [9.17, 15) is 0 Å². The molecule has 0 aromatic carbocycles. The summed E-state index contributed by atoms with van der Waals surface area (Å²) in [6.07, 6.45) is 4.56. The Morgan fingerprint density at radius 1 is 1.62 bits per heavy atom. The number of aromatic nitrogens is 1. The van der Waals surface area contributed by atoms with E-state index in [1.54, 1.807) is 31.5 Å². The molecule has 0 aliphatic heterocycles. The molecule has 0 saturated heterocycles. The van der Waals surface area contributed by atoms with Gasteiger partial charge in [0.05, 0.1) is 11.9 Å². The van der Waals surface area contributed by atoms with Crippen LogP contribution in [0.25, 0.3) is 0 Å². The molecule has 16 heavy (non-hydrogen) atoms. The molecule has 0 atom stereocenters. The standard InChI is InChI=1S/C11H11N5/c1-3-13-11(14-4-2)16-10-6-5-9(7-12)15-8-10/h3-6,8H,1H2,2H3,(H,13,16). The van der Waals surface area contributed by atoms with Gasteiger partial charge in [-0.05, 0) is 19.1 Å². The SMILES string of the molecule is C=CN=C(N=CC)Nc1ccc(C#N)nc1. The number of nitrogens with zero attached hydrogens (tertiary/aromatic N) is 4. The third kappa shape index (κ3) is 3.35. The third-order valence-electron chi connectivity index (χ3n) is 1.60. The van der Waals surface area contributed by atoms with Gasteiger partial charge in [-0.1, -0.05) is 6.58 Å². The van der Waals surface area contributed by atoms with Crippen LogP contribution in [0.3, 0.4) is 0 Å². The first kappa shape index (κ1) is 11.6. The molecular formula is C11H11N5. The number of hydrogen-bond acceptors (Lipinski definition) is 3. The van der Waals surface area contributed by atoms with Crippen LogP contribution >= 0.6 is 0 Å². The molecular weight excluding hydrogens is 202 g/mol. The third-order valence-corrected chi connectivity index (χ3v) is 1.60. The van der Waals surface area contributed by atoms with E-state index in [0.717, 1.165) is 0 Å². The van der Waals surface area contributed by atoms with Gasteiger partial charge in [0.15, 0.2) is 0 Å². The van der Waals surface area contributed by atoms with Gasteiger partial charge in [-0.25, -0.2) is 15.0 Å². The summed E-state index contributed by atoms with van der Waals surface area (Å²) in [5.74, 6) is 0.420. The molecule has 1 heterocycles. The van der Waals surface area contributed by atoms with E-state index in [1.165, 1.54) is 6.20 Å². The van der Waals surface area contributed by atoms with Crippen molar-refractivity contribution in [3.8, 4) is 6.07 Å². The van der Waals surface area contributed by atoms with Crippen LogP contribution in [0.2, 0.25) is 0 Å². The molecule has 0 radical (unpaired) electrons. The molecule has 1 rings (SSSR count). The summed E-state index contributed by atoms with van der Waals surface area (Å²) in [6, 6.07) is 5.29. The largest absolute Gasteiger partial charge is 0.323 e. The fourth-order valence-electron chi connectivity index (χ4n) is 0.970. The van der Waals surface area contributed by atoms with E-state index in [1.807, 2.05) is 6.07 Å². The van der Waals surface area contributed by atoms with Crippen molar-refractivity contribution in [3.05, 3.63) is 36.8 Å². The lowest BCUT2D eigenvalue weighted by Gasteiger charge is -2.03. The van der Waals surface area contributed by atoms with Gasteiger partial charge in [0.25, 0.3) is 0 Å². The predicted molar refractivity (Wildman–Crippen MR) is 64.4 cm³/mol. The van der Waals surface area contributed by atoms with E-state index in [4.69, 9.17) is 5.26 Å². The Bertz CT molecular complexity index is 450. The normalized spacial score (nSPS) is 11.1. The second kappa shape index (κ2) is 6.09. The highest BCUT2D eigenvalue weighted by Crippen LogP contribution is 2.05. The maximum atomic E-state index is 8.59. The van der Waals surface area contributed by atoms with Crippen LogP contribution in [0.5, 0.6) is 0 Å². The molecule has 0 aliphatic rings. The molecule has 0 spiro atoms. The lowest BCUT2D eigenvalue weighted by atomic mass is 10.3. The number of nitriles is 1. The zero-order valence-corrected chi connectivity index (χ0v) is 8.88. The van der Waals surface area contributed by atoms with Gasteiger partial charge in [0.1, 0.15) is 11.8 Å². The van der Waals surface area contributed by atoms with Crippen molar-refractivity contribution in [2.75, 3.05) is 5.32 Å². The van der Waals surface area contributed by atoms with E-state index in [2.05, 4.69) is 26.9 Å². The fourth-order valence-corrected chi connectivity index (χ4v) is 0.970. The minimum absolute atomic E-state index is 0.367. The van der Waals surface area contributed by atoms with E-state index in [-0.39, 0.29) is 0 Å². The van der Waals surface area contributed by atoms with Gasteiger partial charge in [0, 0.05) is 12.4 Å². The van der Waals surface area contributed by atoms with E-state index >= 15 is 0 Å². The Hall–Kier alpha value is -2.48. The monoisotopic (exact) mass is 213 g/mol. The van der Waals surface area contributed by atoms with Crippen LogP contribution in [0.4, 0.5) is 5.69 Å². The fraction of sp³-hybridized carbons (Fsp3) is 0.0909. The van der Waals surface area contributed by atoms with Crippen molar-refractivity contribution in [1.82, 2.24) is 4.98 Å². The van der Waals surface area contributed by atoms with Crippen molar-refractivity contribution >= 4 is 17.9 Å². The molecule has 0 saturated carbocycles. The van der Waals surface area contributed by atoms with Gasteiger partial charge in [-0.15, -0.1) is 0 Å². The van der Waals surface area contributed by atoms with Gasteiger partial charge in [0.2, 0.25) is 5.96 Å². The number of anilines is 1. The zero-order valence-electron chi connectivity index (χ0n) is 8.88. The Balaban J connectivity index is 2.82. The highest BCUT2D eigenvalue weighted by Gasteiger charge is 1.97. The average Bonchev–Trinajstić information content (AvgIpc) is 2.31. The Morgan fingerprint density at radius 2 is 2.44 bits per heavy atom. The van der Waals surface area contributed by atoms with Gasteiger partial charge < -0.3 is 5.32 Å². The Labute approximate surface area is 93.9 Å². The molecule has 1 aromatic heterocycles. The summed E-state index contributed by atoms with van der Waals surface area (Å²) >= 11 is 0. The van der Waals surface area contributed by atoms with Crippen molar-refractivity contribution in [1.29, 1.82) is 5.26 Å². The molecule has 5 nitrogen and oxygen atoms in total. The molecule has 0 fully saturated rings. The first-order valence-corrected chi connectivity index (χ1v) is 4.60. The highest BCUT2D eigenvalue weighted by atomic mass is 15.1. The van der Waals surface area contributed by atoms with Gasteiger partial charge >= 0.3 is 0 Å². The summed E-state index contributed by atoms with van der Waals surface area (Å²) < 4.78 is 0. The number of guanidine groups is 1. The summed E-state index contributed by atoms with van der Waals surface area (Å²) in [6.45, 7) is 5.28. The van der Waals surface area contributed by atoms with E-state index < -0.39 is 0 Å². The van der Waals surface area contributed by atoms with Crippen LogP contribution in [-0.2, 0) is 0 Å². The lowest BCUT2D eigenvalue weighted by Crippen LogP contribution is -2.09. The van der Waals surface area contributed by atoms with Crippen molar-refractivity contribution in [2.45, 2.75) is 6.92 Å². The molecule has 0 bridgehead atoms. The first-order valence-electron chi connectivity index (χ1n) is 4.60. The molecule has 1 N–H and O–H groups in total. The lowest BCUT2D eigenvalue weighted by molar-refractivity contribution is 1.26. The molecule has 5 heteroatoms. The van der Waals surface area contributed by atoms with Crippen molar-refractivity contribution in [2.24, 2.45) is 9.98 Å². The minimum Gasteiger partial charge on any atom is -0.323 e. The summed E-state index contributed by atoms with van der Waals surface area (Å²) in [5, 5.41) is 11.5. The summed E-state index contributed by atoms with van der Waals surface area (Å²) in [4.78, 5) is 11.8. The highest BCUT2D eigenvalue weighted by molar-refractivity contribution is 5.98. The quantitative estimate of drug-likeness (QED) is 0.602. The van der Waals surface area contributed by atoms with Gasteiger partial charge in [-0.3, -0.25) is 0 Å². The molecule has 80 valence electrons. The maximum Gasteiger partial charge on any atom is 0.226 e. The van der Waals surface area contributed by atoms with Crippen LogP contribution in [0.1, 0.15) is 12.6 Å². The number of nitrogens with one attached hydrogen (secondary N) is 1. The van der Waals surface area contributed by atoms with E-state index in [0.29, 0.717) is 17.3 Å². The minimum atomic E-state index is 0.367. The average molecular weight is 213 g/mol. The predicted octanol–water partition coefficient (Wildman–Crippen LogP) is 1.96. The second-order valence-corrected chi connectivity index (χ2v) is 2.69. The number of hydrogen-bond donors (Lipinski definition) is 1. The molecule has 0 amide bonds. The number of pyridine rings is 1. The van der Waals surface area contributed by atoms with Crippen LogP contribution in [0.15, 0.2) is 41.1 Å². The molecule has 1 aromatic rings. The smallest absolute Gasteiger partial charge is 0.226 e. The number of aliphatic imine (C=N–C) groups is 2. The second-order valence-electron chi connectivity index (χ2n) is 2.69. The van der Waals surface area contributed by atoms with Crippen molar-refractivity contribution in [3.63, 3.8) is 0 Å². The molecule has 0 unspecified atom stereocenters. The maximum absolute atomic E-state index is 8.59. The Kier molecular flexibility index (Phi) is 4.41. The summed E-state index contributed by atoms with van der Waals surface area (Å²) in [7, 11) is 0. The van der Waals surface area contributed by atoms with Gasteiger partial charge in [-0.2, -0.15) is 5.26 Å². The van der Waals surface area contributed by atoms with Crippen molar-refractivity contribution < 1.29 is 0 Å². The van der Waals surface area contributed by atoms with Crippen LogP contribution < -0.4 is 5.32 Å². The first-order chi connectivity index (χ1) is 7.80. The Morgan fingerprint density at radius 3 is 2.94 bits per heavy atom. The van der Waals surface area contributed by atoms with Crippen LogP contribution in [-0.4, -0.2) is 17.2 Å².